The van der Waals surface area contributed by atoms with Crippen LogP contribution in [0.4, 0.5) is 5.69 Å². The largest absolute Gasteiger partial charge is 0.507 e. The molecule has 1 heterocycles. The van der Waals surface area contributed by atoms with E-state index < -0.39 is 16.5 Å². The molecule has 148 valence electrons. The van der Waals surface area contributed by atoms with Gasteiger partial charge in [-0.3, -0.25) is 19.6 Å². The summed E-state index contributed by atoms with van der Waals surface area (Å²) in [5.41, 5.74) is 2.46. The predicted molar refractivity (Wildman–Crippen MR) is 110 cm³/mol. The van der Waals surface area contributed by atoms with Crippen molar-refractivity contribution in [1.82, 2.24) is 15.2 Å². The van der Waals surface area contributed by atoms with Gasteiger partial charge in [0.15, 0.2) is 0 Å². The van der Waals surface area contributed by atoms with Gasteiger partial charge in [-0.25, -0.2) is 5.43 Å². The Morgan fingerprint density at radius 3 is 2.90 bits per heavy atom. The van der Waals surface area contributed by atoms with Crippen LogP contribution in [0.15, 0.2) is 58.2 Å². The van der Waals surface area contributed by atoms with Crippen LogP contribution in [-0.2, 0) is 6.54 Å². The quantitative estimate of drug-likeness (QED) is 0.317. The molecule has 3 aromatic rings. The summed E-state index contributed by atoms with van der Waals surface area (Å²) in [4.78, 5) is 22.9. The number of amides is 1. The van der Waals surface area contributed by atoms with Crippen LogP contribution in [0, 0.1) is 10.1 Å². The lowest BCUT2D eigenvalue weighted by Crippen LogP contribution is -2.19. The number of hydrogen-bond acceptors (Lipinski definition) is 6. The molecule has 29 heavy (non-hydrogen) atoms. The molecule has 2 N–H and O–H groups in total. The van der Waals surface area contributed by atoms with Gasteiger partial charge in [-0.15, -0.1) is 0 Å². The smallest absolute Gasteiger partial charge is 0.320 e. The molecular weight excluding hydrogens is 466 g/mol. The summed E-state index contributed by atoms with van der Waals surface area (Å²) in [7, 11) is 0. The van der Waals surface area contributed by atoms with E-state index in [1.54, 1.807) is 0 Å². The number of aromatic nitrogens is 2. The monoisotopic (exact) mass is 477 g/mol. The highest BCUT2D eigenvalue weighted by Gasteiger charge is 2.25. The van der Waals surface area contributed by atoms with E-state index in [9.17, 15) is 20.0 Å². The number of nitrogens with zero attached hydrogens (tertiary/aromatic N) is 4. The Hall–Kier alpha value is -3.24. The number of rotatable bonds is 6. The maximum Gasteiger partial charge on any atom is 0.320 e. The normalized spacial score (nSPS) is 11.0. The van der Waals surface area contributed by atoms with E-state index in [1.165, 1.54) is 35.3 Å². The number of hydrogen-bond donors (Lipinski definition) is 2. The molecule has 11 heteroatoms. The summed E-state index contributed by atoms with van der Waals surface area (Å²) >= 11 is 9.19. The van der Waals surface area contributed by atoms with Crippen LogP contribution in [0.1, 0.15) is 21.6 Å². The van der Waals surface area contributed by atoms with Crippen LogP contribution in [0.25, 0.3) is 0 Å². The van der Waals surface area contributed by atoms with Crippen molar-refractivity contribution in [3.63, 3.8) is 0 Å². The first kappa shape index (κ1) is 20.5. The molecule has 0 radical (unpaired) electrons. The van der Waals surface area contributed by atoms with Crippen molar-refractivity contribution in [2.75, 3.05) is 0 Å². The van der Waals surface area contributed by atoms with E-state index in [-0.39, 0.29) is 23.6 Å². The standard InChI is InChI=1S/C18H13BrClN5O4/c19-13-3-1-2-11(6-13)9-24-10-15(25(28)29)17(23-24)18(27)22-21-8-12-7-14(20)4-5-16(12)26/h1-8,10,26H,9H2,(H,22,27)/b21-8+. The molecule has 1 amide bonds. The number of phenolic OH excluding ortho intramolecular Hbond substituents is 1. The van der Waals surface area contributed by atoms with E-state index in [2.05, 4.69) is 31.6 Å². The highest BCUT2D eigenvalue weighted by atomic mass is 79.9. The third-order valence-electron chi connectivity index (χ3n) is 3.75. The van der Waals surface area contributed by atoms with Gasteiger partial charge in [-0.1, -0.05) is 39.7 Å². The van der Waals surface area contributed by atoms with Gasteiger partial charge in [0.05, 0.1) is 17.7 Å². The number of nitro groups is 1. The van der Waals surface area contributed by atoms with Crippen molar-refractivity contribution in [3.8, 4) is 5.75 Å². The molecule has 0 fully saturated rings. The summed E-state index contributed by atoms with van der Waals surface area (Å²) in [5.74, 6) is -0.945. The Labute approximate surface area is 177 Å². The highest BCUT2D eigenvalue weighted by molar-refractivity contribution is 9.10. The number of carbonyl (C=O) groups excluding carboxylic acids is 1. The molecule has 2 aromatic carbocycles. The fourth-order valence-electron chi connectivity index (χ4n) is 2.45. The van der Waals surface area contributed by atoms with Gasteiger partial charge >= 0.3 is 5.69 Å². The van der Waals surface area contributed by atoms with Crippen molar-refractivity contribution >= 4 is 45.3 Å². The van der Waals surface area contributed by atoms with E-state index >= 15 is 0 Å². The summed E-state index contributed by atoms with van der Waals surface area (Å²) in [6.45, 7) is 0.243. The molecule has 1 aromatic heterocycles. The first-order valence-corrected chi connectivity index (χ1v) is 9.29. The highest BCUT2D eigenvalue weighted by Crippen LogP contribution is 2.20. The summed E-state index contributed by atoms with van der Waals surface area (Å²) in [6.07, 6.45) is 2.35. The van der Waals surface area contributed by atoms with Crippen molar-refractivity contribution in [2.45, 2.75) is 6.54 Å². The summed E-state index contributed by atoms with van der Waals surface area (Å²) in [6, 6.07) is 11.7. The topological polar surface area (TPSA) is 123 Å². The molecule has 9 nitrogen and oxygen atoms in total. The molecule has 0 aliphatic rings. The van der Waals surface area contributed by atoms with Crippen LogP contribution >= 0.6 is 27.5 Å². The molecule has 0 aliphatic heterocycles. The van der Waals surface area contributed by atoms with Gasteiger partial charge in [0.2, 0.25) is 5.69 Å². The summed E-state index contributed by atoms with van der Waals surface area (Å²) in [5, 5.41) is 29.1. The average molecular weight is 479 g/mol. The van der Waals surface area contributed by atoms with E-state index in [1.807, 2.05) is 24.3 Å². The average Bonchev–Trinajstić information content (AvgIpc) is 3.09. The number of carbonyl (C=O) groups is 1. The SMILES string of the molecule is O=C(N/N=C/c1cc(Cl)ccc1O)c1nn(Cc2cccc(Br)c2)cc1[N+](=O)[O-]. The maximum absolute atomic E-state index is 12.3. The number of hydrazone groups is 1. The zero-order valence-corrected chi connectivity index (χ0v) is 17.0. The molecule has 0 spiro atoms. The van der Waals surface area contributed by atoms with Crippen molar-refractivity contribution < 1.29 is 14.8 Å². The third-order valence-corrected chi connectivity index (χ3v) is 4.48. The predicted octanol–water partition coefficient (Wildman–Crippen LogP) is 3.73. The second kappa shape index (κ2) is 8.84. The van der Waals surface area contributed by atoms with Crippen molar-refractivity contribution in [1.29, 1.82) is 0 Å². The molecule has 0 saturated heterocycles. The maximum atomic E-state index is 12.3. The van der Waals surface area contributed by atoms with Gasteiger partial charge in [0.1, 0.15) is 11.9 Å². The number of halogens is 2. The van der Waals surface area contributed by atoms with Crippen LogP contribution < -0.4 is 5.43 Å². The first-order chi connectivity index (χ1) is 13.8. The second-order valence-electron chi connectivity index (χ2n) is 5.85. The third kappa shape index (κ3) is 5.18. The lowest BCUT2D eigenvalue weighted by Gasteiger charge is -2.02. The Kier molecular flexibility index (Phi) is 6.25. The molecule has 0 unspecified atom stereocenters. The zero-order chi connectivity index (χ0) is 21.0. The fourth-order valence-corrected chi connectivity index (χ4v) is 3.08. The minimum absolute atomic E-state index is 0.0864. The van der Waals surface area contributed by atoms with Crippen LogP contribution in [0.2, 0.25) is 5.02 Å². The van der Waals surface area contributed by atoms with Gasteiger partial charge in [-0.05, 0) is 35.9 Å². The number of phenols is 1. The van der Waals surface area contributed by atoms with Crippen LogP contribution in [0.5, 0.6) is 5.75 Å². The Morgan fingerprint density at radius 1 is 1.38 bits per heavy atom. The Bertz CT molecular complexity index is 1120. The Balaban J connectivity index is 1.78. The molecular formula is C18H13BrClN5O4. The van der Waals surface area contributed by atoms with Crippen molar-refractivity contribution in [3.05, 3.63) is 85.1 Å². The van der Waals surface area contributed by atoms with E-state index in [0.717, 1.165) is 10.0 Å². The minimum atomic E-state index is -0.859. The van der Waals surface area contributed by atoms with Gasteiger partial charge in [0.25, 0.3) is 5.91 Å². The number of nitrogens with one attached hydrogen (secondary N) is 1. The van der Waals surface area contributed by atoms with E-state index in [4.69, 9.17) is 11.6 Å². The van der Waals surface area contributed by atoms with Gasteiger partial charge < -0.3 is 5.11 Å². The van der Waals surface area contributed by atoms with Gasteiger partial charge in [-0.2, -0.15) is 10.2 Å². The lowest BCUT2D eigenvalue weighted by molar-refractivity contribution is -0.385. The fraction of sp³-hybridized carbons (Fsp3) is 0.0556. The zero-order valence-electron chi connectivity index (χ0n) is 14.6. The number of benzene rings is 2. The second-order valence-corrected chi connectivity index (χ2v) is 7.20. The Morgan fingerprint density at radius 2 is 2.17 bits per heavy atom. The van der Waals surface area contributed by atoms with Gasteiger partial charge in [0, 0.05) is 15.1 Å². The summed E-state index contributed by atoms with van der Waals surface area (Å²) < 4.78 is 2.16. The molecule has 0 bridgehead atoms. The van der Waals surface area contributed by atoms with Crippen LogP contribution in [0.3, 0.4) is 0 Å². The number of aromatic hydroxyl groups is 1. The molecule has 3 rings (SSSR count). The van der Waals surface area contributed by atoms with Crippen molar-refractivity contribution in [2.24, 2.45) is 5.10 Å². The molecule has 0 saturated carbocycles. The van der Waals surface area contributed by atoms with Crippen LogP contribution in [-0.4, -0.2) is 31.9 Å². The lowest BCUT2D eigenvalue weighted by atomic mass is 10.2. The molecule has 0 atom stereocenters. The molecule has 0 aliphatic carbocycles. The van der Waals surface area contributed by atoms with E-state index in [0.29, 0.717) is 5.02 Å². The first-order valence-electron chi connectivity index (χ1n) is 8.11. The minimum Gasteiger partial charge on any atom is -0.507 e.